The van der Waals surface area contributed by atoms with Gasteiger partial charge in [-0.1, -0.05) is 6.07 Å². The summed E-state index contributed by atoms with van der Waals surface area (Å²) in [5.41, 5.74) is 3.18. The number of fused-ring (bicyclic) bond motifs is 1. The molecule has 0 aliphatic carbocycles. The molecule has 142 valence electrons. The molecule has 0 spiro atoms. The summed E-state index contributed by atoms with van der Waals surface area (Å²) in [4.78, 5) is 30.6. The largest absolute Gasteiger partial charge is 0.377 e. The van der Waals surface area contributed by atoms with Gasteiger partial charge in [0.1, 0.15) is 0 Å². The van der Waals surface area contributed by atoms with Crippen LogP contribution in [0.25, 0.3) is 0 Å². The fourth-order valence-corrected chi connectivity index (χ4v) is 2.93. The number of anilines is 1. The van der Waals surface area contributed by atoms with E-state index in [9.17, 15) is 9.59 Å². The number of pyridine rings is 1. The Kier molecular flexibility index (Phi) is 6.03. The Morgan fingerprint density at radius 1 is 1.22 bits per heavy atom. The van der Waals surface area contributed by atoms with E-state index in [2.05, 4.69) is 15.6 Å². The number of carbonyl (C=O) groups is 2. The van der Waals surface area contributed by atoms with Crippen LogP contribution in [0.15, 0.2) is 42.6 Å². The number of hydrogen-bond acceptors (Lipinski definition) is 4. The fraction of sp³-hybridized carbons (Fsp3) is 0.350. The van der Waals surface area contributed by atoms with Crippen LogP contribution in [0.4, 0.5) is 10.5 Å². The van der Waals surface area contributed by atoms with Gasteiger partial charge in [-0.2, -0.15) is 0 Å². The van der Waals surface area contributed by atoms with Crippen molar-refractivity contribution < 1.29 is 14.3 Å². The van der Waals surface area contributed by atoms with E-state index >= 15 is 0 Å². The minimum atomic E-state index is -0.184. The number of ether oxygens (including phenoxy) is 1. The second-order valence-corrected chi connectivity index (χ2v) is 6.45. The number of hydrogen-bond donors (Lipinski definition) is 2. The molecule has 0 radical (unpaired) electrons. The third kappa shape index (κ3) is 4.83. The van der Waals surface area contributed by atoms with Crippen LogP contribution in [0.1, 0.15) is 35.5 Å². The monoisotopic (exact) mass is 368 g/mol. The average Bonchev–Trinajstić information content (AvgIpc) is 3.11. The molecular formula is C20H24N4O3. The molecule has 1 aliphatic heterocycles. The summed E-state index contributed by atoms with van der Waals surface area (Å²) in [5, 5.41) is 5.69. The Labute approximate surface area is 158 Å². The van der Waals surface area contributed by atoms with Crippen LogP contribution in [-0.4, -0.2) is 41.1 Å². The highest BCUT2D eigenvalue weighted by atomic mass is 16.5. The van der Waals surface area contributed by atoms with Crippen LogP contribution in [0.5, 0.6) is 0 Å². The normalized spacial score (nSPS) is 13.8. The molecule has 27 heavy (non-hydrogen) atoms. The van der Waals surface area contributed by atoms with Gasteiger partial charge < -0.3 is 20.3 Å². The molecule has 0 bridgehead atoms. The first-order valence-corrected chi connectivity index (χ1v) is 9.05. The van der Waals surface area contributed by atoms with E-state index in [1.807, 2.05) is 26.0 Å². The van der Waals surface area contributed by atoms with Crippen LogP contribution < -0.4 is 10.6 Å². The van der Waals surface area contributed by atoms with Crippen molar-refractivity contribution in [3.63, 3.8) is 0 Å². The third-order valence-corrected chi connectivity index (χ3v) is 4.37. The molecule has 1 aromatic heterocycles. The van der Waals surface area contributed by atoms with Gasteiger partial charge in [-0.3, -0.25) is 9.78 Å². The molecule has 1 unspecified atom stereocenters. The minimum absolute atomic E-state index is 0.0309. The van der Waals surface area contributed by atoms with Crippen molar-refractivity contribution in [2.24, 2.45) is 0 Å². The zero-order chi connectivity index (χ0) is 19.2. The third-order valence-electron chi connectivity index (χ3n) is 4.37. The Bertz CT molecular complexity index is 782. The van der Waals surface area contributed by atoms with Crippen LogP contribution in [0.2, 0.25) is 0 Å². The van der Waals surface area contributed by atoms with E-state index in [0.29, 0.717) is 37.5 Å². The smallest absolute Gasteiger partial charge is 0.322 e. The highest BCUT2D eigenvalue weighted by molar-refractivity contribution is 5.95. The Hall–Kier alpha value is -2.93. The Morgan fingerprint density at radius 3 is 2.70 bits per heavy atom. The van der Waals surface area contributed by atoms with E-state index in [4.69, 9.17) is 4.74 Å². The van der Waals surface area contributed by atoms with Crippen LogP contribution in [0, 0.1) is 0 Å². The van der Waals surface area contributed by atoms with Crippen LogP contribution >= 0.6 is 0 Å². The lowest BCUT2D eigenvalue weighted by Gasteiger charge is -2.16. The molecule has 1 aliphatic rings. The first-order chi connectivity index (χ1) is 13.1. The summed E-state index contributed by atoms with van der Waals surface area (Å²) in [6, 6.07) is 10.5. The predicted octanol–water partition coefficient (Wildman–Crippen LogP) is 2.78. The number of amides is 3. The summed E-state index contributed by atoms with van der Waals surface area (Å²) in [5.74, 6) is -0.166. The first kappa shape index (κ1) is 18.8. The van der Waals surface area contributed by atoms with Crippen LogP contribution in [-0.2, 0) is 17.8 Å². The van der Waals surface area contributed by atoms with Gasteiger partial charge in [-0.15, -0.1) is 0 Å². The second kappa shape index (κ2) is 8.64. The van der Waals surface area contributed by atoms with Gasteiger partial charge in [-0.25, -0.2) is 4.79 Å². The molecule has 3 rings (SSSR count). The highest BCUT2D eigenvalue weighted by Crippen LogP contribution is 2.21. The highest BCUT2D eigenvalue weighted by Gasteiger charge is 2.24. The molecular weight excluding hydrogens is 344 g/mol. The lowest BCUT2D eigenvalue weighted by atomic mass is 10.2. The molecule has 0 fully saturated rings. The van der Waals surface area contributed by atoms with Gasteiger partial charge in [0.05, 0.1) is 18.3 Å². The van der Waals surface area contributed by atoms with Gasteiger partial charge in [0.2, 0.25) is 0 Å². The maximum Gasteiger partial charge on any atom is 0.322 e. The zero-order valence-electron chi connectivity index (χ0n) is 15.6. The van der Waals surface area contributed by atoms with Gasteiger partial charge >= 0.3 is 6.03 Å². The summed E-state index contributed by atoms with van der Waals surface area (Å²) < 4.78 is 5.39. The number of aromatic nitrogens is 1. The van der Waals surface area contributed by atoms with Crippen molar-refractivity contribution in [1.29, 1.82) is 0 Å². The number of nitrogens with zero attached hydrogens (tertiary/aromatic N) is 2. The molecule has 0 saturated heterocycles. The number of nitrogens with one attached hydrogen (secondary N) is 2. The molecule has 0 saturated carbocycles. The summed E-state index contributed by atoms with van der Waals surface area (Å²) in [6.07, 6.45) is 1.70. The summed E-state index contributed by atoms with van der Waals surface area (Å²) >= 11 is 0. The lowest BCUT2D eigenvalue weighted by molar-refractivity contribution is 0.0695. The van der Waals surface area contributed by atoms with Gasteiger partial charge in [0, 0.05) is 37.1 Å². The lowest BCUT2D eigenvalue weighted by Crippen LogP contribution is -2.32. The van der Waals surface area contributed by atoms with E-state index in [1.54, 1.807) is 35.4 Å². The SMILES string of the molecule is CCOC(C)CNC(=O)c1ccc(NC(=O)N2Cc3cccnc3C2)cc1. The summed E-state index contributed by atoms with van der Waals surface area (Å²) in [7, 11) is 0. The van der Waals surface area contributed by atoms with Gasteiger partial charge in [0.15, 0.2) is 0 Å². The first-order valence-electron chi connectivity index (χ1n) is 9.05. The maximum atomic E-state index is 12.4. The van der Waals surface area contributed by atoms with Crippen molar-refractivity contribution in [2.45, 2.75) is 33.0 Å². The molecule has 7 heteroatoms. The van der Waals surface area contributed by atoms with Gasteiger partial charge in [-0.05, 0) is 49.7 Å². The van der Waals surface area contributed by atoms with Crippen molar-refractivity contribution in [2.75, 3.05) is 18.5 Å². The fourth-order valence-electron chi connectivity index (χ4n) is 2.93. The molecule has 7 nitrogen and oxygen atoms in total. The van der Waals surface area contributed by atoms with Crippen molar-refractivity contribution in [3.05, 3.63) is 59.4 Å². The number of carbonyl (C=O) groups excluding carboxylic acids is 2. The number of benzene rings is 1. The maximum absolute atomic E-state index is 12.4. The quantitative estimate of drug-likeness (QED) is 0.821. The van der Waals surface area contributed by atoms with Crippen molar-refractivity contribution >= 4 is 17.6 Å². The Morgan fingerprint density at radius 2 is 2.00 bits per heavy atom. The Balaban J connectivity index is 1.52. The second-order valence-electron chi connectivity index (χ2n) is 6.45. The zero-order valence-corrected chi connectivity index (χ0v) is 15.6. The number of rotatable bonds is 6. The average molecular weight is 368 g/mol. The van der Waals surface area contributed by atoms with E-state index in [0.717, 1.165) is 11.3 Å². The van der Waals surface area contributed by atoms with E-state index in [-0.39, 0.29) is 18.0 Å². The summed E-state index contributed by atoms with van der Waals surface area (Å²) in [6.45, 7) is 5.95. The predicted molar refractivity (Wildman–Crippen MR) is 102 cm³/mol. The standard InChI is InChI=1S/C20H24N4O3/c1-3-27-14(2)11-22-19(25)15-6-8-17(9-7-15)23-20(26)24-12-16-5-4-10-21-18(16)13-24/h4-10,14H,3,11-13H2,1-2H3,(H,22,25)(H,23,26). The molecule has 3 amide bonds. The molecule has 2 aromatic rings. The molecule has 1 atom stereocenters. The van der Waals surface area contributed by atoms with Crippen LogP contribution in [0.3, 0.4) is 0 Å². The van der Waals surface area contributed by atoms with Gasteiger partial charge in [0.25, 0.3) is 5.91 Å². The van der Waals surface area contributed by atoms with E-state index in [1.165, 1.54) is 0 Å². The molecule has 2 heterocycles. The molecule has 1 aromatic carbocycles. The number of urea groups is 1. The minimum Gasteiger partial charge on any atom is -0.377 e. The molecule has 2 N–H and O–H groups in total. The van der Waals surface area contributed by atoms with E-state index < -0.39 is 0 Å². The van der Waals surface area contributed by atoms with Crippen molar-refractivity contribution in [3.8, 4) is 0 Å². The van der Waals surface area contributed by atoms with Crippen molar-refractivity contribution in [1.82, 2.24) is 15.2 Å². The topological polar surface area (TPSA) is 83.6 Å².